The number of methoxy groups -OCH3 is 1. The van der Waals surface area contributed by atoms with Gasteiger partial charge < -0.3 is 14.6 Å². The van der Waals surface area contributed by atoms with Crippen molar-refractivity contribution in [3.63, 3.8) is 0 Å². The second-order valence-electron chi connectivity index (χ2n) is 6.05. The van der Waals surface area contributed by atoms with Crippen LogP contribution in [0.4, 0.5) is 0 Å². The van der Waals surface area contributed by atoms with Gasteiger partial charge in [-0.15, -0.1) is 0 Å². The van der Waals surface area contributed by atoms with E-state index >= 15 is 0 Å². The van der Waals surface area contributed by atoms with Gasteiger partial charge in [0, 0.05) is 19.0 Å². The number of ether oxygens (including phenoxy) is 2. The van der Waals surface area contributed by atoms with Crippen molar-refractivity contribution in [1.82, 2.24) is 4.90 Å². The number of aliphatic hydroxyl groups excluding tert-OH is 1. The molecule has 4 nitrogen and oxygen atoms in total. The summed E-state index contributed by atoms with van der Waals surface area (Å²) in [4.78, 5) is 2.50. The van der Waals surface area contributed by atoms with E-state index in [4.69, 9.17) is 9.47 Å². The molecule has 0 bridgehead atoms. The fraction of sp³-hybridized carbons (Fsp3) is 0.647. The molecule has 21 heavy (non-hydrogen) atoms. The van der Waals surface area contributed by atoms with Crippen LogP contribution in [0.2, 0.25) is 0 Å². The summed E-state index contributed by atoms with van der Waals surface area (Å²) in [5, 5.41) is 9.49. The summed E-state index contributed by atoms with van der Waals surface area (Å²) in [6, 6.07) is 6.72. The molecule has 1 aromatic rings. The van der Waals surface area contributed by atoms with Gasteiger partial charge in [0.05, 0.1) is 25.9 Å². The van der Waals surface area contributed by atoms with Crippen molar-refractivity contribution in [2.45, 2.75) is 44.4 Å². The second-order valence-corrected chi connectivity index (χ2v) is 6.05. The molecule has 0 unspecified atom stereocenters. The minimum Gasteiger partial charge on any atom is -0.496 e. The maximum atomic E-state index is 9.49. The number of hydrogen-bond acceptors (Lipinski definition) is 4. The van der Waals surface area contributed by atoms with Crippen LogP contribution in [-0.4, -0.2) is 55.1 Å². The molecule has 3 atom stereocenters. The summed E-state index contributed by atoms with van der Waals surface area (Å²) in [5.41, 5.74) is 2.65. The SMILES string of the molecule is CCCN1C[C@@H](CO)O[C@@H]2Cc3c(cccc3OC)C[C@H]21. The predicted molar refractivity (Wildman–Crippen MR) is 81.8 cm³/mol. The van der Waals surface area contributed by atoms with Gasteiger partial charge in [0.25, 0.3) is 0 Å². The van der Waals surface area contributed by atoms with Crippen molar-refractivity contribution in [3.8, 4) is 5.75 Å². The van der Waals surface area contributed by atoms with Gasteiger partial charge in [-0.25, -0.2) is 0 Å². The van der Waals surface area contributed by atoms with Gasteiger partial charge in [-0.05, 0) is 36.6 Å². The number of benzene rings is 1. The smallest absolute Gasteiger partial charge is 0.122 e. The Labute approximate surface area is 126 Å². The van der Waals surface area contributed by atoms with Crippen LogP contribution in [0.1, 0.15) is 24.5 Å². The molecule has 0 radical (unpaired) electrons. The molecule has 3 rings (SSSR count). The number of rotatable bonds is 4. The van der Waals surface area contributed by atoms with Crippen molar-refractivity contribution in [3.05, 3.63) is 29.3 Å². The lowest BCUT2D eigenvalue weighted by Gasteiger charge is -2.47. The third kappa shape index (κ3) is 2.80. The van der Waals surface area contributed by atoms with Crippen molar-refractivity contribution >= 4 is 0 Å². The average Bonchev–Trinajstić information content (AvgIpc) is 2.52. The Balaban J connectivity index is 1.88. The lowest BCUT2D eigenvalue weighted by Crippen LogP contribution is -2.58. The Kier molecular flexibility index (Phi) is 4.48. The molecule has 0 amide bonds. The van der Waals surface area contributed by atoms with E-state index < -0.39 is 0 Å². The van der Waals surface area contributed by atoms with E-state index in [2.05, 4.69) is 24.0 Å². The second kappa shape index (κ2) is 6.34. The number of nitrogens with zero attached hydrogens (tertiary/aromatic N) is 1. The van der Waals surface area contributed by atoms with Crippen LogP contribution >= 0.6 is 0 Å². The van der Waals surface area contributed by atoms with Crippen LogP contribution in [0.25, 0.3) is 0 Å². The maximum Gasteiger partial charge on any atom is 0.122 e. The van der Waals surface area contributed by atoms with Crippen molar-refractivity contribution < 1.29 is 14.6 Å². The Morgan fingerprint density at radius 3 is 2.95 bits per heavy atom. The standard InChI is InChI=1S/C17H25NO3/c1-3-7-18-10-13(11-19)21-17-9-14-12(8-15(17)18)5-4-6-16(14)20-2/h4-6,13,15,17,19H,3,7-11H2,1-2H3/t13-,15+,17+/m0/s1. The highest BCUT2D eigenvalue weighted by molar-refractivity contribution is 5.43. The van der Waals surface area contributed by atoms with Gasteiger partial charge in [-0.3, -0.25) is 4.90 Å². The van der Waals surface area contributed by atoms with E-state index in [9.17, 15) is 5.11 Å². The highest BCUT2D eigenvalue weighted by Crippen LogP contribution is 2.35. The Morgan fingerprint density at radius 1 is 1.38 bits per heavy atom. The molecule has 1 N–H and O–H groups in total. The minimum atomic E-state index is -0.0611. The van der Waals surface area contributed by atoms with Gasteiger partial charge in [-0.2, -0.15) is 0 Å². The monoisotopic (exact) mass is 291 g/mol. The van der Waals surface area contributed by atoms with Crippen molar-refractivity contribution in [2.75, 3.05) is 26.8 Å². The van der Waals surface area contributed by atoms with Crippen molar-refractivity contribution in [1.29, 1.82) is 0 Å². The predicted octanol–water partition coefficient (Wildman–Crippen LogP) is 1.63. The quantitative estimate of drug-likeness (QED) is 0.915. The van der Waals surface area contributed by atoms with E-state index in [1.165, 1.54) is 11.1 Å². The average molecular weight is 291 g/mol. The van der Waals surface area contributed by atoms with E-state index in [1.54, 1.807) is 7.11 Å². The van der Waals surface area contributed by atoms with Gasteiger partial charge in [0.15, 0.2) is 0 Å². The largest absolute Gasteiger partial charge is 0.496 e. The van der Waals surface area contributed by atoms with Crippen LogP contribution in [0, 0.1) is 0 Å². The molecule has 2 aliphatic rings. The molecule has 116 valence electrons. The van der Waals surface area contributed by atoms with Gasteiger partial charge in [0.2, 0.25) is 0 Å². The van der Waals surface area contributed by atoms with E-state index in [0.717, 1.165) is 38.1 Å². The Hall–Kier alpha value is -1.10. The highest BCUT2D eigenvalue weighted by atomic mass is 16.5. The summed E-state index contributed by atoms with van der Waals surface area (Å²) < 4.78 is 11.6. The number of aliphatic hydroxyl groups is 1. The molecular weight excluding hydrogens is 266 g/mol. The molecule has 4 heteroatoms. The Bertz CT molecular complexity index is 491. The van der Waals surface area contributed by atoms with E-state index in [1.807, 2.05) is 6.07 Å². The Morgan fingerprint density at radius 2 is 2.24 bits per heavy atom. The summed E-state index contributed by atoms with van der Waals surface area (Å²) in [7, 11) is 1.73. The first-order valence-electron chi connectivity index (χ1n) is 7.92. The molecule has 1 saturated heterocycles. The molecule has 1 aromatic carbocycles. The van der Waals surface area contributed by atoms with Gasteiger partial charge >= 0.3 is 0 Å². The minimum absolute atomic E-state index is 0.0611. The first-order chi connectivity index (χ1) is 10.3. The summed E-state index contributed by atoms with van der Waals surface area (Å²) >= 11 is 0. The van der Waals surface area contributed by atoms with Gasteiger partial charge in [0.1, 0.15) is 5.75 Å². The van der Waals surface area contributed by atoms with Gasteiger partial charge in [-0.1, -0.05) is 19.1 Å². The van der Waals surface area contributed by atoms with Crippen molar-refractivity contribution in [2.24, 2.45) is 0 Å². The first-order valence-corrected chi connectivity index (χ1v) is 7.92. The highest BCUT2D eigenvalue weighted by Gasteiger charge is 2.40. The number of fused-ring (bicyclic) bond motifs is 2. The molecule has 1 aliphatic heterocycles. The molecule has 0 spiro atoms. The summed E-state index contributed by atoms with van der Waals surface area (Å²) in [6.07, 6.45) is 3.11. The number of hydrogen-bond donors (Lipinski definition) is 1. The van der Waals surface area contributed by atoms with Crippen LogP contribution in [0.5, 0.6) is 5.75 Å². The zero-order chi connectivity index (χ0) is 14.8. The molecule has 0 aromatic heterocycles. The normalized spacial score (nSPS) is 28.8. The topological polar surface area (TPSA) is 41.9 Å². The molecule has 1 heterocycles. The summed E-state index contributed by atoms with van der Waals surface area (Å²) in [5.74, 6) is 0.961. The lowest BCUT2D eigenvalue weighted by molar-refractivity contribution is -0.135. The zero-order valence-electron chi connectivity index (χ0n) is 12.9. The molecule has 1 aliphatic carbocycles. The fourth-order valence-electron chi connectivity index (χ4n) is 3.75. The van der Waals surface area contributed by atoms with Crippen LogP contribution in [0.3, 0.4) is 0 Å². The molecule has 1 fully saturated rings. The number of morpholine rings is 1. The van der Waals surface area contributed by atoms with E-state index in [-0.39, 0.29) is 18.8 Å². The third-order valence-electron chi connectivity index (χ3n) is 4.70. The lowest BCUT2D eigenvalue weighted by atomic mass is 9.83. The fourth-order valence-corrected chi connectivity index (χ4v) is 3.75. The summed E-state index contributed by atoms with van der Waals surface area (Å²) in [6.45, 7) is 4.21. The third-order valence-corrected chi connectivity index (χ3v) is 4.70. The molecule has 0 saturated carbocycles. The van der Waals surface area contributed by atoms with Crippen LogP contribution in [-0.2, 0) is 17.6 Å². The van der Waals surface area contributed by atoms with E-state index in [0.29, 0.717) is 6.04 Å². The van der Waals surface area contributed by atoms with Crippen LogP contribution < -0.4 is 4.74 Å². The first kappa shape index (κ1) is 14.8. The van der Waals surface area contributed by atoms with Crippen LogP contribution in [0.15, 0.2) is 18.2 Å². The molecular formula is C17H25NO3. The zero-order valence-corrected chi connectivity index (χ0v) is 12.9. The maximum absolute atomic E-state index is 9.49.